The molecule has 1 N–H and O–H groups in total. The number of nitrogens with one attached hydrogen (secondary N) is 1. The first kappa shape index (κ1) is 14.6. The van der Waals surface area contributed by atoms with Gasteiger partial charge in [0.15, 0.2) is 0 Å². The van der Waals surface area contributed by atoms with Crippen LogP contribution in [0.3, 0.4) is 0 Å². The molecule has 0 fully saturated rings. The zero-order valence-electron chi connectivity index (χ0n) is 11.8. The highest BCUT2D eigenvalue weighted by Crippen LogP contribution is 2.35. The number of hydrogen-bond donors (Lipinski definition) is 1. The molecule has 0 spiro atoms. The van der Waals surface area contributed by atoms with E-state index in [1.54, 1.807) is 0 Å². The summed E-state index contributed by atoms with van der Waals surface area (Å²) in [6, 6.07) is 9.08. The van der Waals surface area contributed by atoms with Crippen molar-refractivity contribution < 1.29 is 0 Å². The van der Waals surface area contributed by atoms with Crippen LogP contribution < -0.4 is 5.32 Å². The molecule has 0 radical (unpaired) electrons. The molecular weight excluding hydrogens is 318 g/mol. The van der Waals surface area contributed by atoms with Crippen LogP contribution in [0, 0.1) is 19.8 Å². The fourth-order valence-corrected chi connectivity index (χ4v) is 4.03. The summed E-state index contributed by atoms with van der Waals surface area (Å²) in [4.78, 5) is 1.39. The highest BCUT2D eigenvalue weighted by atomic mass is 79.9. The Bertz CT molecular complexity index is 523. The zero-order chi connectivity index (χ0) is 14.0. The van der Waals surface area contributed by atoms with Gasteiger partial charge < -0.3 is 5.32 Å². The summed E-state index contributed by atoms with van der Waals surface area (Å²) in [6.45, 7) is 8.80. The molecule has 0 bridgehead atoms. The Balaban J connectivity index is 2.33. The fourth-order valence-electron chi connectivity index (χ4n) is 2.29. The van der Waals surface area contributed by atoms with Gasteiger partial charge in [-0.1, -0.05) is 26.0 Å². The fraction of sp³-hybridized carbons (Fsp3) is 0.375. The predicted molar refractivity (Wildman–Crippen MR) is 89.1 cm³/mol. The molecule has 1 aromatic heterocycles. The van der Waals surface area contributed by atoms with Crippen molar-refractivity contribution in [1.82, 2.24) is 0 Å². The van der Waals surface area contributed by atoms with Crippen LogP contribution in [0.25, 0.3) is 0 Å². The van der Waals surface area contributed by atoms with Crippen molar-refractivity contribution in [3.05, 3.63) is 50.1 Å². The van der Waals surface area contributed by atoms with Crippen molar-refractivity contribution in [2.75, 3.05) is 5.32 Å². The van der Waals surface area contributed by atoms with E-state index in [0.29, 0.717) is 12.0 Å². The Morgan fingerprint density at radius 2 is 1.95 bits per heavy atom. The van der Waals surface area contributed by atoms with E-state index in [4.69, 9.17) is 0 Å². The molecule has 0 aliphatic heterocycles. The molecule has 1 unspecified atom stereocenters. The van der Waals surface area contributed by atoms with Gasteiger partial charge in [-0.25, -0.2) is 0 Å². The van der Waals surface area contributed by atoms with E-state index < -0.39 is 0 Å². The van der Waals surface area contributed by atoms with E-state index in [1.165, 1.54) is 21.7 Å². The lowest BCUT2D eigenvalue weighted by Crippen LogP contribution is -2.16. The van der Waals surface area contributed by atoms with Crippen molar-refractivity contribution in [3.8, 4) is 0 Å². The third-order valence-electron chi connectivity index (χ3n) is 3.25. The number of anilines is 1. The Labute approximate surface area is 128 Å². The van der Waals surface area contributed by atoms with E-state index in [0.717, 1.165) is 4.47 Å². The van der Waals surface area contributed by atoms with Crippen molar-refractivity contribution >= 4 is 33.0 Å². The number of rotatable bonds is 4. The van der Waals surface area contributed by atoms with E-state index in [1.807, 2.05) is 11.3 Å². The smallest absolute Gasteiger partial charge is 0.0629 e. The number of halogens is 1. The van der Waals surface area contributed by atoms with Crippen molar-refractivity contribution in [3.63, 3.8) is 0 Å². The summed E-state index contributed by atoms with van der Waals surface area (Å²) in [5, 5.41) is 5.85. The number of thiophene rings is 1. The lowest BCUT2D eigenvalue weighted by molar-refractivity contribution is 0.553. The van der Waals surface area contributed by atoms with Gasteiger partial charge >= 0.3 is 0 Å². The quantitative estimate of drug-likeness (QED) is 0.728. The topological polar surface area (TPSA) is 12.0 Å². The summed E-state index contributed by atoms with van der Waals surface area (Å²) in [6.07, 6.45) is 0. The molecule has 1 atom stereocenters. The average molecular weight is 338 g/mol. The molecule has 2 aromatic rings. The van der Waals surface area contributed by atoms with Gasteiger partial charge in [0.25, 0.3) is 0 Å². The summed E-state index contributed by atoms with van der Waals surface area (Å²) in [7, 11) is 0. The predicted octanol–water partition coefficient (Wildman–Crippen LogP) is 5.94. The third-order valence-corrected chi connectivity index (χ3v) is 4.83. The second-order valence-electron chi connectivity index (χ2n) is 5.32. The first-order valence-corrected chi connectivity index (χ1v) is 8.23. The highest BCUT2D eigenvalue weighted by molar-refractivity contribution is 9.10. The van der Waals surface area contributed by atoms with Crippen LogP contribution in [0.4, 0.5) is 5.69 Å². The molecule has 1 aromatic carbocycles. The molecule has 102 valence electrons. The molecule has 0 aliphatic rings. The molecule has 19 heavy (non-hydrogen) atoms. The molecule has 2 rings (SSSR count). The standard InChI is InChI=1S/C16H20BrNS/c1-10(2)15(14-6-5-7-19-14)18-16-12(4)8-11(3)9-13(16)17/h5-10,15,18H,1-4H3. The van der Waals surface area contributed by atoms with Crippen LogP contribution in [-0.2, 0) is 0 Å². The lowest BCUT2D eigenvalue weighted by Gasteiger charge is -2.24. The van der Waals surface area contributed by atoms with Gasteiger partial charge in [0, 0.05) is 9.35 Å². The zero-order valence-corrected chi connectivity index (χ0v) is 14.2. The van der Waals surface area contributed by atoms with Crippen LogP contribution in [0.5, 0.6) is 0 Å². The maximum atomic E-state index is 3.71. The Hall–Kier alpha value is -0.800. The van der Waals surface area contributed by atoms with E-state index in [-0.39, 0.29) is 0 Å². The van der Waals surface area contributed by atoms with Crippen LogP contribution >= 0.6 is 27.3 Å². The maximum absolute atomic E-state index is 3.71. The van der Waals surface area contributed by atoms with Gasteiger partial charge in [0.1, 0.15) is 0 Å². The number of aryl methyl sites for hydroxylation is 2. The second kappa shape index (κ2) is 6.10. The Morgan fingerprint density at radius 3 is 2.47 bits per heavy atom. The van der Waals surface area contributed by atoms with Gasteiger partial charge in [-0.05, 0) is 64.3 Å². The van der Waals surface area contributed by atoms with Gasteiger partial charge in [-0.15, -0.1) is 11.3 Å². The largest absolute Gasteiger partial charge is 0.376 e. The monoisotopic (exact) mass is 337 g/mol. The molecule has 0 saturated heterocycles. The Kier molecular flexibility index (Phi) is 4.69. The molecule has 0 saturated carbocycles. The highest BCUT2D eigenvalue weighted by Gasteiger charge is 2.18. The molecule has 1 nitrogen and oxygen atoms in total. The second-order valence-corrected chi connectivity index (χ2v) is 7.15. The van der Waals surface area contributed by atoms with Crippen LogP contribution in [0.2, 0.25) is 0 Å². The average Bonchev–Trinajstić information content (AvgIpc) is 2.80. The Morgan fingerprint density at radius 1 is 1.21 bits per heavy atom. The molecular formula is C16H20BrNS. The van der Waals surface area contributed by atoms with Crippen LogP contribution in [0.15, 0.2) is 34.1 Å². The van der Waals surface area contributed by atoms with Gasteiger partial charge in [0.2, 0.25) is 0 Å². The summed E-state index contributed by atoms with van der Waals surface area (Å²) in [5.74, 6) is 0.547. The van der Waals surface area contributed by atoms with Crippen LogP contribution in [0.1, 0.15) is 35.9 Å². The molecule has 1 heterocycles. The summed E-state index contributed by atoms with van der Waals surface area (Å²) in [5.41, 5.74) is 3.78. The minimum Gasteiger partial charge on any atom is -0.376 e. The van der Waals surface area contributed by atoms with Gasteiger partial charge in [0.05, 0.1) is 11.7 Å². The third kappa shape index (κ3) is 3.40. The van der Waals surface area contributed by atoms with Crippen molar-refractivity contribution in [1.29, 1.82) is 0 Å². The summed E-state index contributed by atoms with van der Waals surface area (Å²) < 4.78 is 1.15. The lowest BCUT2D eigenvalue weighted by atomic mass is 10.0. The maximum Gasteiger partial charge on any atom is 0.0629 e. The van der Waals surface area contributed by atoms with E-state index >= 15 is 0 Å². The van der Waals surface area contributed by atoms with Crippen molar-refractivity contribution in [2.45, 2.75) is 33.7 Å². The summed E-state index contributed by atoms with van der Waals surface area (Å²) >= 11 is 5.50. The van der Waals surface area contributed by atoms with Gasteiger partial charge in [-0.3, -0.25) is 0 Å². The van der Waals surface area contributed by atoms with Crippen molar-refractivity contribution in [2.24, 2.45) is 5.92 Å². The minimum absolute atomic E-state index is 0.359. The number of hydrogen-bond acceptors (Lipinski definition) is 2. The van der Waals surface area contributed by atoms with E-state index in [9.17, 15) is 0 Å². The first-order chi connectivity index (χ1) is 8.99. The molecule has 0 aliphatic carbocycles. The van der Waals surface area contributed by atoms with Gasteiger partial charge in [-0.2, -0.15) is 0 Å². The number of benzene rings is 1. The molecule has 3 heteroatoms. The normalized spacial score (nSPS) is 12.7. The minimum atomic E-state index is 0.359. The molecule has 0 amide bonds. The SMILES string of the molecule is Cc1cc(C)c(NC(c2cccs2)C(C)C)c(Br)c1. The first-order valence-electron chi connectivity index (χ1n) is 6.55. The van der Waals surface area contributed by atoms with E-state index in [2.05, 4.69) is 78.6 Å². The van der Waals surface area contributed by atoms with Crippen LogP contribution in [-0.4, -0.2) is 0 Å².